The molecule has 1 N–H and O–H groups in total. The standard InChI is InChI=1S/C14H21NO4S/c1-10(2)11(3)15-20(17,18)9-12-5-7-13(8-6-12)14(16)19-4/h5-8,10-11,15H,9H2,1-4H3/t11-/m1/s1. The van der Waals surface area contributed by atoms with Gasteiger partial charge in [-0.05, 0) is 30.5 Å². The number of hydrogen-bond donors (Lipinski definition) is 1. The highest BCUT2D eigenvalue weighted by Crippen LogP contribution is 2.10. The Kier molecular flexibility index (Phi) is 5.71. The summed E-state index contributed by atoms with van der Waals surface area (Å²) in [5, 5.41) is 0. The molecule has 0 heterocycles. The minimum atomic E-state index is -3.38. The molecule has 1 atom stereocenters. The Labute approximate surface area is 120 Å². The van der Waals surface area contributed by atoms with E-state index in [1.807, 2.05) is 20.8 Å². The van der Waals surface area contributed by atoms with Crippen LogP contribution >= 0.6 is 0 Å². The normalized spacial score (nSPS) is 13.2. The van der Waals surface area contributed by atoms with E-state index < -0.39 is 16.0 Å². The van der Waals surface area contributed by atoms with Crippen molar-refractivity contribution in [2.45, 2.75) is 32.6 Å². The number of rotatable bonds is 6. The van der Waals surface area contributed by atoms with Crippen molar-refractivity contribution < 1.29 is 17.9 Å². The summed E-state index contributed by atoms with van der Waals surface area (Å²) in [5.74, 6) is -0.316. The van der Waals surface area contributed by atoms with Crippen LogP contribution in [-0.2, 0) is 20.5 Å². The molecule has 5 nitrogen and oxygen atoms in total. The van der Waals surface area contributed by atoms with Gasteiger partial charge < -0.3 is 4.74 Å². The van der Waals surface area contributed by atoms with Gasteiger partial charge in [0, 0.05) is 6.04 Å². The third-order valence-electron chi connectivity index (χ3n) is 3.10. The van der Waals surface area contributed by atoms with E-state index in [1.165, 1.54) is 7.11 Å². The van der Waals surface area contributed by atoms with Crippen molar-refractivity contribution >= 4 is 16.0 Å². The predicted molar refractivity (Wildman–Crippen MR) is 77.8 cm³/mol. The van der Waals surface area contributed by atoms with Gasteiger partial charge in [-0.3, -0.25) is 0 Å². The third kappa shape index (κ3) is 4.94. The van der Waals surface area contributed by atoms with E-state index in [0.717, 1.165) is 0 Å². The van der Waals surface area contributed by atoms with E-state index in [4.69, 9.17) is 0 Å². The molecule has 0 aliphatic heterocycles. The monoisotopic (exact) mass is 299 g/mol. The minimum absolute atomic E-state index is 0.106. The summed E-state index contributed by atoms with van der Waals surface area (Å²) in [6.07, 6.45) is 0. The lowest BCUT2D eigenvalue weighted by Gasteiger charge is -2.17. The minimum Gasteiger partial charge on any atom is -0.465 e. The highest BCUT2D eigenvalue weighted by atomic mass is 32.2. The Morgan fingerprint density at radius 3 is 2.20 bits per heavy atom. The average Bonchev–Trinajstić information content (AvgIpc) is 2.37. The smallest absolute Gasteiger partial charge is 0.337 e. The van der Waals surface area contributed by atoms with E-state index in [0.29, 0.717) is 11.1 Å². The molecule has 20 heavy (non-hydrogen) atoms. The Balaban J connectivity index is 2.75. The summed E-state index contributed by atoms with van der Waals surface area (Å²) in [7, 11) is -2.08. The zero-order valence-electron chi connectivity index (χ0n) is 12.2. The van der Waals surface area contributed by atoms with Crippen molar-refractivity contribution in [3.8, 4) is 0 Å². The van der Waals surface area contributed by atoms with Crippen molar-refractivity contribution in [1.82, 2.24) is 4.72 Å². The Morgan fingerprint density at radius 1 is 1.20 bits per heavy atom. The number of hydrogen-bond acceptors (Lipinski definition) is 4. The first-order chi connectivity index (χ1) is 9.25. The number of sulfonamides is 1. The molecule has 0 fully saturated rings. The first kappa shape index (κ1) is 16.7. The van der Waals surface area contributed by atoms with Crippen LogP contribution in [0.4, 0.5) is 0 Å². The highest BCUT2D eigenvalue weighted by molar-refractivity contribution is 7.88. The van der Waals surface area contributed by atoms with Crippen LogP contribution in [0.3, 0.4) is 0 Å². The van der Waals surface area contributed by atoms with Gasteiger partial charge in [0.15, 0.2) is 0 Å². The van der Waals surface area contributed by atoms with Crippen molar-refractivity contribution in [2.75, 3.05) is 7.11 Å². The number of carbonyl (C=O) groups is 1. The van der Waals surface area contributed by atoms with E-state index in [1.54, 1.807) is 24.3 Å². The first-order valence-corrected chi connectivity index (χ1v) is 8.07. The van der Waals surface area contributed by atoms with Gasteiger partial charge in [-0.15, -0.1) is 0 Å². The summed E-state index contributed by atoms with van der Waals surface area (Å²) in [6.45, 7) is 5.75. The fourth-order valence-corrected chi connectivity index (χ4v) is 3.09. The van der Waals surface area contributed by atoms with Crippen molar-refractivity contribution in [3.05, 3.63) is 35.4 Å². The molecule has 0 spiro atoms. The van der Waals surface area contributed by atoms with Gasteiger partial charge in [0.05, 0.1) is 18.4 Å². The van der Waals surface area contributed by atoms with Crippen LogP contribution in [0.25, 0.3) is 0 Å². The van der Waals surface area contributed by atoms with Crippen LogP contribution in [0.5, 0.6) is 0 Å². The summed E-state index contributed by atoms with van der Waals surface area (Å²) < 4.78 is 31.2. The van der Waals surface area contributed by atoms with E-state index in [-0.39, 0.29) is 17.7 Å². The molecule has 0 aliphatic rings. The molecule has 0 radical (unpaired) electrons. The molecule has 6 heteroatoms. The Hall–Kier alpha value is -1.40. The summed E-state index contributed by atoms with van der Waals surface area (Å²) in [4.78, 5) is 11.3. The first-order valence-electron chi connectivity index (χ1n) is 6.42. The maximum absolute atomic E-state index is 12.0. The molecule has 0 aromatic heterocycles. The zero-order valence-corrected chi connectivity index (χ0v) is 13.0. The molecule has 0 aliphatic carbocycles. The lowest BCUT2D eigenvalue weighted by Crippen LogP contribution is -2.36. The Morgan fingerprint density at radius 2 is 1.75 bits per heavy atom. The largest absolute Gasteiger partial charge is 0.465 e. The SMILES string of the molecule is COC(=O)c1ccc(CS(=O)(=O)N[C@H](C)C(C)C)cc1. The number of carbonyl (C=O) groups excluding carboxylic acids is 1. The van der Waals surface area contributed by atoms with E-state index >= 15 is 0 Å². The van der Waals surface area contributed by atoms with Crippen LogP contribution in [-0.4, -0.2) is 27.5 Å². The van der Waals surface area contributed by atoms with Crippen molar-refractivity contribution in [3.63, 3.8) is 0 Å². The van der Waals surface area contributed by atoms with Gasteiger partial charge in [0.25, 0.3) is 0 Å². The fourth-order valence-electron chi connectivity index (χ4n) is 1.54. The van der Waals surface area contributed by atoms with Crippen molar-refractivity contribution in [1.29, 1.82) is 0 Å². The molecule has 1 aromatic rings. The number of nitrogens with one attached hydrogen (secondary N) is 1. The molecule has 112 valence electrons. The second-order valence-corrected chi connectivity index (χ2v) is 6.85. The average molecular weight is 299 g/mol. The van der Waals surface area contributed by atoms with Gasteiger partial charge in [-0.25, -0.2) is 17.9 Å². The fraction of sp³-hybridized carbons (Fsp3) is 0.500. The number of methoxy groups -OCH3 is 1. The molecule has 0 unspecified atom stereocenters. The zero-order chi connectivity index (χ0) is 15.3. The van der Waals surface area contributed by atoms with Crippen LogP contribution < -0.4 is 4.72 Å². The lowest BCUT2D eigenvalue weighted by atomic mass is 10.1. The second kappa shape index (κ2) is 6.85. The number of esters is 1. The van der Waals surface area contributed by atoms with Gasteiger partial charge in [-0.2, -0.15) is 0 Å². The molecular weight excluding hydrogens is 278 g/mol. The quantitative estimate of drug-likeness (QED) is 0.815. The van der Waals surface area contributed by atoms with Gasteiger partial charge in [0.2, 0.25) is 10.0 Å². The molecule has 1 rings (SSSR count). The van der Waals surface area contributed by atoms with Crippen LogP contribution in [0, 0.1) is 5.92 Å². The summed E-state index contributed by atoms with van der Waals surface area (Å²) in [5.41, 5.74) is 1.03. The van der Waals surface area contributed by atoms with Gasteiger partial charge >= 0.3 is 5.97 Å². The van der Waals surface area contributed by atoms with Crippen LogP contribution in [0.1, 0.15) is 36.7 Å². The lowest BCUT2D eigenvalue weighted by molar-refractivity contribution is 0.0600. The maximum atomic E-state index is 12.0. The van der Waals surface area contributed by atoms with Crippen molar-refractivity contribution in [2.24, 2.45) is 5.92 Å². The van der Waals surface area contributed by atoms with Gasteiger partial charge in [0.1, 0.15) is 0 Å². The molecule has 0 saturated heterocycles. The number of ether oxygens (including phenoxy) is 1. The van der Waals surface area contributed by atoms with Crippen LogP contribution in [0.2, 0.25) is 0 Å². The Bertz CT molecular complexity index is 549. The van der Waals surface area contributed by atoms with Gasteiger partial charge in [-0.1, -0.05) is 26.0 Å². The molecular formula is C14H21NO4S. The van der Waals surface area contributed by atoms with Crippen LogP contribution in [0.15, 0.2) is 24.3 Å². The topological polar surface area (TPSA) is 72.5 Å². The molecule has 0 amide bonds. The maximum Gasteiger partial charge on any atom is 0.337 e. The third-order valence-corrected chi connectivity index (χ3v) is 4.54. The molecule has 0 saturated carbocycles. The number of benzene rings is 1. The predicted octanol–water partition coefficient (Wildman–Crippen LogP) is 1.94. The summed E-state index contributed by atoms with van der Waals surface area (Å²) in [6, 6.07) is 6.23. The van der Waals surface area contributed by atoms with E-state index in [2.05, 4.69) is 9.46 Å². The van der Waals surface area contributed by atoms with E-state index in [9.17, 15) is 13.2 Å². The summed E-state index contributed by atoms with van der Waals surface area (Å²) >= 11 is 0. The second-order valence-electron chi connectivity index (χ2n) is 5.10. The molecule has 0 bridgehead atoms. The highest BCUT2D eigenvalue weighted by Gasteiger charge is 2.17. The molecule has 1 aromatic carbocycles.